The van der Waals surface area contributed by atoms with E-state index >= 15 is 0 Å². The largest absolute Gasteiger partial charge is 0.368 e. The molecule has 1 unspecified atom stereocenters. The molecule has 2 aliphatic heterocycles. The Bertz CT molecular complexity index is 729. The zero-order chi connectivity index (χ0) is 18.3. The van der Waals surface area contributed by atoms with Gasteiger partial charge in [0.05, 0.1) is 11.0 Å². The van der Waals surface area contributed by atoms with Crippen LogP contribution in [0, 0.1) is 5.82 Å². The molecule has 2 heterocycles. The zero-order valence-electron chi connectivity index (χ0n) is 15.2. The molecule has 0 radical (unpaired) electrons. The Hall–Kier alpha value is -1.47. The predicted octanol–water partition coefficient (Wildman–Crippen LogP) is 2.29. The number of carbonyl (C=O) groups is 1. The number of nitrogens with zero attached hydrogens (tertiary/aromatic N) is 3. The fourth-order valence-electron chi connectivity index (χ4n) is 4.15. The topological polar surface area (TPSA) is 43.9 Å². The molecular formula is C19H26FN3O2S. The van der Waals surface area contributed by atoms with Gasteiger partial charge in [0, 0.05) is 62.2 Å². The third kappa shape index (κ3) is 3.39. The average molecular weight is 380 g/mol. The summed E-state index contributed by atoms with van der Waals surface area (Å²) in [5.41, 5.74) is 1.55. The van der Waals surface area contributed by atoms with Crippen molar-refractivity contribution < 1.29 is 13.4 Å². The van der Waals surface area contributed by atoms with Crippen molar-refractivity contribution in [3.8, 4) is 0 Å². The highest BCUT2D eigenvalue weighted by atomic mass is 32.2. The summed E-state index contributed by atoms with van der Waals surface area (Å²) in [6.45, 7) is 4.80. The van der Waals surface area contributed by atoms with Crippen LogP contribution in [0.25, 0.3) is 0 Å². The molecule has 1 aromatic carbocycles. The Morgan fingerprint density at radius 2 is 1.92 bits per heavy atom. The zero-order valence-corrected chi connectivity index (χ0v) is 16.1. The maximum Gasteiger partial charge on any atom is 0.219 e. The van der Waals surface area contributed by atoms with Gasteiger partial charge in [-0.25, -0.2) is 12.9 Å². The van der Waals surface area contributed by atoms with Gasteiger partial charge in [-0.05, 0) is 37.8 Å². The van der Waals surface area contributed by atoms with Gasteiger partial charge in [0.25, 0.3) is 0 Å². The number of anilines is 1. The van der Waals surface area contributed by atoms with Crippen LogP contribution in [-0.2, 0) is 22.3 Å². The molecule has 0 bridgehead atoms. The quantitative estimate of drug-likeness (QED) is 0.809. The molecule has 3 aliphatic rings. The van der Waals surface area contributed by atoms with E-state index in [1.807, 2.05) is 21.3 Å². The van der Waals surface area contributed by atoms with Crippen molar-refractivity contribution in [1.29, 1.82) is 0 Å². The third-order valence-electron chi connectivity index (χ3n) is 6.00. The monoisotopic (exact) mass is 379 g/mol. The first-order chi connectivity index (χ1) is 12.5. The standard InChI is InChI=1S/C19H26FN3O2S/c1-15(24)21-8-10-22(11-9-21)17-4-3-16(18(20)13-17)14-23-19(6-7-19)5-2-12-26(23)25/h3-4,13H,2,5-12,14H2,1H3. The van der Waals surface area contributed by atoms with Crippen LogP contribution in [0.4, 0.5) is 10.1 Å². The van der Waals surface area contributed by atoms with E-state index in [1.54, 1.807) is 13.0 Å². The predicted molar refractivity (Wildman–Crippen MR) is 101 cm³/mol. The van der Waals surface area contributed by atoms with Gasteiger partial charge in [-0.2, -0.15) is 0 Å². The second-order valence-electron chi connectivity index (χ2n) is 7.66. The van der Waals surface area contributed by atoms with Crippen molar-refractivity contribution in [1.82, 2.24) is 9.21 Å². The summed E-state index contributed by atoms with van der Waals surface area (Å²) in [5.74, 6) is 0.562. The molecule has 1 aliphatic carbocycles. The van der Waals surface area contributed by atoms with Crippen molar-refractivity contribution >= 4 is 22.6 Å². The molecule has 5 nitrogen and oxygen atoms in total. The molecule has 26 heavy (non-hydrogen) atoms. The highest BCUT2D eigenvalue weighted by Gasteiger charge is 2.51. The van der Waals surface area contributed by atoms with Crippen molar-refractivity contribution in [2.75, 3.05) is 36.8 Å². The maximum atomic E-state index is 14.7. The van der Waals surface area contributed by atoms with Crippen LogP contribution in [0.2, 0.25) is 0 Å². The first kappa shape index (κ1) is 17.9. The van der Waals surface area contributed by atoms with Gasteiger partial charge >= 0.3 is 0 Å². The Balaban J connectivity index is 1.45. The molecule has 1 saturated carbocycles. The lowest BCUT2D eigenvalue weighted by atomic mass is 10.1. The van der Waals surface area contributed by atoms with E-state index in [0.29, 0.717) is 31.0 Å². The summed E-state index contributed by atoms with van der Waals surface area (Å²) in [4.78, 5) is 15.4. The Morgan fingerprint density at radius 3 is 2.54 bits per heavy atom. The van der Waals surface area contributed by atoms with Crippen LogP contribution in [0.5, 0.6) is 0 Å². The minimum atomic E-state index is -0.993. The second kappa shape index (κ2) is 6.93. The fraction of sp³-hybridized carbons (Fsp3) is 0.632. The minimum Gasteiger partial charge on any atom is -0.368 e. The molecule has 1 amide bonds. The number of amides is 1. The second-order valence-corrected chi connectivity index (χ2v) is 9.15. The van der Waals surface area contributed by atoms with E-state index in [0.717, 1.165) is 44.5 Å². The summed E-state index contributed by atoms with van der Waals surface area (Å²) in [7, 11) is -0.993. The molecule has 1 spiro atoms. The molecule has 142 valence electrons. The highest BCUT2D eigenvalue weighted by molar-refractivity contribution is 7.82. The van der Waals surface area contributed by atoms with E-state index in [-0.39, 0.29) is 17.3 Å². The summed E-state index contributed by atoms with van der Waals surface area (Å²) in [5, 5.41) is 0. The van der Waals surface area contributed by atoms with Crippen LogP contribution in [-0.4, -0.2) is 56.8 Å². The Kier molecular flexibility index (Phi) is 4.77. The van der Waals surface area contributed by atoms with Gasteiger partial charge in [-0.15, -0.1) is 0 Å². The van der Waals surface area contributed by atoms with Crippen molar-refractivity contribution in [3.63, 3.8) is 0 Å². The first-order valence-electron chi connectivity index (χ1n) is 9.44. The van der Waals surface area contributed by atoms with E-state index in [9.17, 15) is 13.4 Å². The lowest BCUT2D eigenvalue weighted by Gasteiger charge is -2.36. The number of hydrogen-bond acceptors (Lipinski definition) is 3. The fourth-order valence-corrected chi connectivity index (χ4v) is 5.75. The molecule has 1 atom stereocenters. The molecule has 0 N–H and O–H groups in total. The van der Waals surface area contributed by atoms with Gasteiger partial charge < -0.3 is 9.80 Å². The van der Waals surface area contributed by atoms with Gasteiger partial charge in [0.1, 0.15) is 5.82 Å². The van der Waals surface area contributed by atoms with Crippen LogP contribution < -0.4 is 4.90 Å². The molecule has 4 rings (SSSR count). The number of benzene rings is 1. The van der Waals surface area contributed by atoms with Crippen LogP contribution >= 0.6 is 0 Å². The summed E-state index contributed by atoms with van der Waals surface area (Å²) in [6.07, 6.45) is 4.26. The van der Waals surface area contributed by atoms with Gasteiger partial charge in [-0.3, -0.25) is 4.79 Å². The Morgan fingerprint density at radius 1 is 1.19 bits per heavy atom. The third-order valence-corrected chi connectivity index (χ3v) is 7.65. The molecule has 1 aromatic rings. The van der Waals surface area contributed by atoms with E-state index in [4.69, 9.17) is 0 Å². The number of halogens is 1. The molecular weight excluding hydrogens is 353 g/mol. The highest BCUT2D eigenvalue weighted by Crippen LogP contribution is 2.49. The maximum absolute atomic E-state index is 14.7. The molecule has 0 aromatic heterocycles. The molecule has 7 heteroatoms. The number of piperazine rings is 1. The van der Waals surface area contributed by atoms with Crippen LogP contribution in [0.15, 0.2) is 18.2 Å². The SMILES string of the molecule is CC(=O)N1CCN(c2ccc(CN3S(=O)CCCC34CC4)c(F)c2)CC1. The van der Waals surface area contributed by atoms with Crippen molar-refractivity contribution in [3.05, 3.63) is 29.6 Å². The minimum absolute atomic E-state index is 0.0667. The molecule has 2 saturated heterocycles. The van der Waals surface area contributed by atoms with Crippen LogP contribution in [0.1, 0.15) is 38.2 Å². The van der Waals surface area contributed by atoms with E-state index in [1.165, 1.54) is 0 Å². The lowest BCUT2D eigenvalue weighted by Crippen LogP contribution is -2.48. The van der Waals surface area contributed by atoms with Gasteiger partial charge in [-0.1, -0.05) is 6.07 Å². The summed E-state index contributed by atoms with van der Waals surface area (Å²) in [6, 6.07) is 5.38. The average Bonchev–Trinajstić information content (AvgIpc) is 3.40. The smallest absolute Gasteiger partial charge is 0.219 e. The number of carbonyl (C=O) groups excluding carboxylic acids is 1. The van der Waals surface area contributed by atoms with Crippen molar-refractivity contribution in [2.45, 2.75) is 44.7 Å². The summed E-state index contributed by atoms with van der Waals surface area (Å²) < 4.78 is 29.2. The summed E-state index contributed by atoms with van der Waals surface area (Å²) >= 11 is 0. The van der Waals surface area contributed by atoms with Gasteiger partial charge in [0.15, 0.2) is 0 Å². The number of hydrogen-bond donors (Lipinski definition) is 0. The van der Waals surface area contributed by atoms with Crippen molar-refractivity contribution in [2.24, 2.45) is 0 Å². The first-order valence-corrected chi connectivity index (χ1v) is 10.7. The number of rotatable bonds is 3. The molecule has 3 fully saturated rings. The van der Waals surface area contributed by atoms with E-state index < -0.39 is 11.0 Å². The van der Waals surface area contributed by atoms with E-state index in [2.05, 4.69) is 4.90 Å². The normalized spacial score (nSPS) is 25.5. The van der Waals surface area contributed by atoms with Crippen LogP contribution in [0.3, 0.4) is 0 Å². The lowest BCUT2D eigenvalue weighted by molar-refractivity contribution is -0.129. The Labute approximate surface area is 156 Å². The van der Waals surface area contributed by atoms with Gasteiger partial charge in [0.2, 0.25) is 5.91 Å².